The Labute approximate surface area is 81.9 Å². The van der Waals surface area contributed by atoms with E-state index >= 15 is 0 Å². The lowest BCUT2D eigenvalue weighted by Gasteiger charge is -2.12. The molecule has 4 nitrogen and oxygen atoms in total. The van der Waals surface area contributed by atoms with E-state index < -0.39 is 6.10 Å². The second-order valence-corrected chi connectivity index (χ2v) is 3.47. The number of aryl methyl sites for hydroxylation is 1. The van der Waals surface area contributed by atoms with Crippen molar-refractivity contribution in [3.8, 4) is 0 Å². The first-order valence-corrected chi connectivity index (χ1v) is 4.48. The zero-order chi connectivity index (χ0) is 10.1. The van der Waals surface area contributed by atoms with Crippen molar-refractivity contribution in [3.05, 3.63) is 35.4 Å². The summed E-state index contributed by atoms with van der Waals surface area (Å²) in [5.74, 6) is -0.379. The average molecular weight is 192 g/mol. The monoisotopic (exact) mass is 192 g/mol. The molecule has 0 aliphatic carbocycles. The van der Waals surface area contributed by atoms with Crippen LogP contribution in [0, 0.1) is 6.92 Å². The molecule has 2 atom stereocenters. The predicted octanol–water partition coefficient (Wildman–Crippen LogP) is 0.0314. The van der Waals surface area contributed by atoms with Gasteiger partial charge in [0.2, 0.25) is 0 Å². The van der Waals surface area contributed by atoms with Gasteiger partial charge in [-0.2, -0.15) is 0 Å². The fraction of sp³-hybridized carbons (Fsp3) is 0.300. The third-order valence-corrected chi connectivity index (χ3v) is 2.37. The molecule has 1 aliphatic heterocycles. The minimum Gasteiger partial charge on any atom is -0.381 e. The maximum atomic E-state index is 11.0. The minimum atomic E-state index is -1.00. The number of aliphatic hydroxyl groups is 1. The topological polar surface area (TPSA) is 61.4 Å². The summed E-state index contributed by atoms with van der Waals surface area (Å²) in [4.78, 5) is 11.0. The maximum Gasteiger partial charge on any atom is 0.264 e. The van der Waals surface area contributed by atoms with Crippen molar-refractivity contribution < 1.29 is 9.90 Å². The van der Waals surface area contributed by atoms with E-state index in [4.69, 9.17) is 0 Å². The van der Waals surface area contributed by atoms with Gasteiger partial charge in [0.15, 0.2) is 6.10 Å². The van der Waals surface area contributed by atoms with E-state index in [2.05, 4.69) is 10.9 Å². The van der Waals surface area contributed by atoms with Gasteiger partial charge in [0.1, 0.15) is 0 Å². The molecule has 2 unspecified atom stereocenters. The molecule has 14 heavy (non-hydrogen) atoms. The summed E-state index contributed by atoms with van der Waals surface area (Å²) < 4.78 is 0. The summed E-state index contributed by atoms with van der Waals surface area (Å²) in [6.45, 7) is 1.99. The summed E-state index contributed by atoms with van der Waals surface area (Å²) in [7, 11) is 0. The number of aliphatic hydroxyl groups excluding tert-OH is 1. The molecule has 0 aromatic heterocycles. The Hall–Kier alpha value is -1.39. The Morgan fingerprint density at radius 3 is 2.43 bits per heavy atom. The van der Waals surface area contributed by atoms with Gasteiger partial charge in [0, 0.05) is 0 Å². The molecular weight excluding hydrogens is 180 g/mol. The molecule has 1 heterocycles. The van der Waals surface area contributed by atoms with Crippen LogP contribution in [0.25, 0.3) is 0 Å². The van der Waals surface area contributed by atoms with E-state index in [-0.39, 0.29) is 11.9 Å². The van der Waals surface area contributed by atoms with Gasteiger partial charge in [0.25, 0.3) is 5.91 Å². The third-order valence-electron chi connectivity index (χ3n) is 2.37. The molecule has 3 N–H and O–H groups in total. The highest BCUT2D eigenvalue weighted by Gasteiger charge is 2.33. The Morgan fingerprint density at radius 2 is 1.93 bits per heavy atom. The van der Waals surface area contributed by atoms with Crippen LogP contribution in [0.1, 0.15) is 17.2 Å². The van der Waals surface area contributed by atoms with Crippen LogP contribution >= 0.6 is 0 Å². The molecule has 1 saturated heterocycles. The minimum absolute atomic E-state index is 0.344. The quantitative estimate of drug-likeness (QED) is 0.588. The van der Waals surface area contributed by atoms with E-state index in [0.717, 1.165) is 11.1 Å². The molecule has 0 radical (unpaired) electrons. The molecule has 74 valence electrons. The number of hydrogen-bond acceptors (Lipinski definition) is 3. The molecule has 1 amide bonds. The lowest BCUT2D eigenvalue weighted by Crippen LogP contribution is -2.27. The molecule has 1 aliphatic rings. The van der Waals surface area contributed by atoms with Crippen molar-refractivity contribution in [2.75, 3.05) is 0 Å². The lowest BCUT2D eigenvalue weighted by molar-refractivity contribution is -0.126. The van der Waals surface area contributed by atoms with E-state index in [9.17, 15) is 9.90 Å². The largest absolute Gasteiger partial charge is 0.381 e. The Kier molecular flexibility index (Phi) is 2.23. The SMILES string of the molecule is Cc1ccc(C2NNC(=O)C2O)cc1. The number of carbonyl (C=O) groups excluding carboxylic acids is 1. The molecule has 1 fully saturated rings. The smallest absolute Gasteiger partial charge is 0.264 e. The molecule has 0 bridgehead atoms. The van der Waals surface area contributed by atoms with Gasteiger partial charge >= 0.3 is 0 Å². The van der Waals surface area contributed by atoms with E-state index in [1.807, 2.05) is 31.2 Å². The van der Waals surface area contributed by atoms with Gasteiger partial charge in [0.05, 0.1) is 6.04 Å². The summed E-state index contributed by atoms with van der Waals surface area (Å²) >= 11 is 0. The van der Waals surface area contributed by atoms with E-state index in [1.165, 1.54) is 0 Å². The number of benzene rings is 1. The fourth-order valence-corrected chi connectivity index (χ4v) is 1.49. The average Bonchev–Trinajstić information content (AvgIpc) is 2.50. The van der Waals surface area contributed by atoms with Crippen LogP contribution < -0.4 is 10.9 Å². The number of rotatable bonds is 1. The van der Waals surface area contributed by atoms with Gasteiger partial charge in [-0.3, -0.25) is 10.2 Å². The van der Waals surface area contributed by atoms with Gasteiger partial charge in [-0.1, -0.05) is 29.8 Å². The Morgan fingerprint density at radius 1 is 1.29 bits per heavy atom. The molecular formula is C10H12N2O2. The molecule has 1 aromatic carbocycles. The van der Waals surface area contributed by atoms with E-state index in [1.54, 1.807) is 0 Å². The zero-order valence-corrected chi connectivity index (χ0v) is 7.82. The number of amides is 1. The first-order chi connectivity index (χ1) is 6.68. The zero-order valence-electron chi connectivity index (χ0n) is 7.82. The van der Waals surface area contributed by atoms with Crippen molar-refractivity contribution in [1.29, 1.82) is 0 Å². The van der Waals surface area contributed by atoms with E-state index in [0.29, 0.717) is 0 Å². The summed E-state index contributed by atoms with van der Waals surface area (Å²) in [5, 5.41) is 9.51. The van der Waals surface area contributed by atoms with Crippen molar-refractivity contribution in [3.63, 3.8) is 0 Å². The van der Waals surface area contributed by atoms with Crippen LogP contribution in [-0.4, -0.2) is 17.1 Å². The Balaban J connectivity index is 2.23. The summed E-state index contributed by atoms with van der Waals surface area (Å²) in [6.07, 6.45) is -1.00. The van der Waals surface area contributed by atoms with Gasteiger partial charge in [-0.15, -0.1) is 0 Å². The van der Waals surface area contributed by atoms with Crippen LogP contribution in [0.4, 0.5) is 0 Å². The normalized spacial score (nSPS) is 26.3. The van der Waals surface area contributed by atoms with Gasteiger partial charge < -0.3 is 5.11 Å². The first-order valence-electron chi connectivity index (χ1n) is 4.48. The van der Waals surface area contributed by atoms with Crippen LogP contribution in [0.3, 0.4) is 0 Å². The second-order valence-electron chi connectivity index (χ2n) is 3.47. The predicted molar refractivity (Wildman–Crippen MR) is 51.2 cm³/mol. The van der Waals surface area contributed by atoms with Crippen molar-refractivity contribution in [2.24, 2.45) is 0 Å². The van der Waals surface area contributed by atoms with Gasteiger partial charge in [-0.05, 0) is 12.5 Å². The third kappa shape index (κ3) is 1.49. The van der Waals surface area contributed by atoms with Crippen LogP contribution in [0.5, 0.6) is 0 Å². The number of hydrazine groups is 1. The van der Waals surface area contributed by atoms with Crippen molar-refractivity contribution in [2.45, 2.75) is 19.1 Å². The molecule has 1 aromatic rings. The van der Waals surface area contributed by atoms with Crippen molar-refractivity contribution >= 4 is 5.91 Å². The highest BCUT2D eigenvalue weighted by atomic mass is 16.3. The highest BCUT2D eigenvalue weighted by molar-refractivity contribution is 5.83. The highest BCUT2D eigenvalue weighted by Crippen LogP contribution is 2.20. The molecule has 0 saturated carbocycles. The standard InChI is InChI=1S/C10H12N2O2/c1-6-2-4-7(5-3-6)8-9(13)10(14)12-11-8/h2-5,8-9,11,13H,1H3,(H,12,14). The molecule has 2 rings (SSSR count). The maximum absolute atomic E-state index is 11.0. The summed E-state index contributed by atoms with van der Waals surface area (Å²) in [6, 6.07) is 7.36. The lowest BCUT2D eigenvalue weighted by atomic mass is 10.0. The second kappa shape index (κ2) is 3.40. The number of carbonyl (C=O) groups is 1. The van der Waals surface area contributed by atoms with Gasteiger partial charge in [-0.25, -0.2) is 5.43 Å². The number of nitrogens with one attached hydrogen (secondary N) is 2. The first kappa shape index (κ1) is 9.18. The molecule has 0 spiro atoms. The fourth-order valence-electron chi connectivity index (χ4n) is 1.49. The number of hydrogen-bond donors (Lipinski definition) is 3. The van der Waals surface area contributed by atoms with Crippen LogP contribution in [-0.2, 0) is 4.79 Å². The summed E-state index contributed by atoms with van der Waals surface area (Å²) in [5.41, 5.74) is 7.19. The van der Waals surface area contributed by atoms with Crippen molar-refractivity contribution in [1.82, 2.24) is 10.9 Å². The van der Waals surface area contributed by atoms with Crippen LogP contribution in [0.2, 0.25) is 0 Å². The Bertz CT molecular complexity index is 348. The molecule has 4 heteroatoms. The van der Waals surface area contributed by atoms with Crippen LogP contribution in [0.15, 0.2) is 24.3 Å².